The van der Waals surface area contributed by atoms with Gasteiger partial charge in [-0.2, -0.15) is 5.26 Å². The molecule has 2 unspecified atom stereocenters. The lowest BCUT2D eigenvalue weighted by Crippen LogP contribution is -2.51. The minimum Gasteiger partial charge on any atom is -0.479 e. The molecule has 9 nitrogen and oxygen atoms in total. The van der Waals surface area contributed by atoms with E-state index in [-0.39, 0.29) is 12.5 Å². The Morgan fingerprint density at radius 2 is 2.10 bits per heavy atom. The highest BCUT2D eigenvalue weighted by molar-refractivity contribution is 8.13. The van der Waals surface area contributed by atoms with Gasteiger partial charge in [-0.25, -0.2) is 9.79 Å². The Hall–Kier alpha value is -2.84. The summed E-state index contributed by atoms with van der Waals surface area (Å²) < 4.78 is 13.1. The van der Waals surface area contributed by atoms with Crippen LogP contribution in [0, 0.1) is 11.3 Å². The number of aliphatic carboxylic acids is 1. The molecule has 1 aromatic carbocycles. The second kappa shape index (κ2) is 8.36. The van der Waals surface area contributed by atoms with E-state index in [1.807, 2.05) is 42.8 Å². The quantitative estimate of drug-likeness (QED) is 0.657. The molecule has 1 fully saturated rings. The van der Waals surface area contributed by atoms with E-state index in [1.165, 1.54) is 0 Å². The topological polar surface area (TPSA) is 137 Å². The van der Waals surface area contributed by atoms with Crippen molar-refractivity contribution in [3.05, 3.63) is 41.6 Å². The number of nitrogens with zero attached hydrogens (tertiary/aromatic N) is 3. The van der Waals surface area contributed by atoms with Gasteiger partial charge in [0.15, 0.2) is 6.10 Å². The molecule has 2 aliphatic rings. The molecule has 0 aliphatic carbocycles. The molecule has 0 amide bonds. The molecule has 10 heteroatoms. The summed E-state index contributed by atoms with van der Waals surface area (Å²) in [5.74, 6) is -1.34. The first-order valence-corrected chi connectivity index (χ1v) is 10.5. The predicted octanol–water partition coefficient (Wildman–Crippen LogP) is 2.30. The van der Waals surface area contributed by atoms with Crippen LogP contribution < -0.4 is 0 Å². The molecule has 162 valence electrons. The number of carboxylic acid groups (broad SMARTS) is 1. The zero-order valence-electron chi connectivity index (χ0n) is 16.8. The molecule has 2 aromatic rings. The predicted molar refractivity (Wildman–Crippen MR) is 113 cm³/mol. The van der Waals surface area contributed by atoms with Crippen LogP contribution in [0.25, 0.3) is 11.3 Å². The molecule has 4 rings (SSSR count). The largest absolute Gasteiger partial charge is 0.479 e. The molecule has 5 atom stereocenters. The van der Waals surface area contributed by atoms with Crippen molar-refractivity contribution in [1.82, 2.24) is 4.57 Å². The Morgan fingerprint density at radius 1 is 1.32 bits per heavy atom. The van der Waals surface area contributed by atoms with Crippen molar-refractivity contribution in [2.75, 3.05) is 0 Å². The first kappa shape index (κ1) is 21.4. The Kier molecular flexibility index (Phi) is 5.77. The highest BCUT2D eigenvalue weighted by atomic mass is 32.2. The second-order valence-corrected chi connectivity index (χ2v) is 8.53. The van der Waals surface area contributed by atoms with Crippen LogP contribution in [0.4, 0.5) is 5.69 Å². The number of hydrogen-bond acceptors (Lipinski definition) is 8. The van der Waals surface area contributed by atoms with E-state index in [0.29, 0.717) is 16.6 Å². The minimum absolute atomic E-state index is 0.0485. The number of rotatable bonds is 3. The number of aliphatic imine (C=N–C) groups is 1. The van der Waals surface area contributed by atoms with Crippen molar-refractivity contribution in [3.63, 3.8) is 0 Å². The van der Waals surface area contributed by atoms with E-state index in [2.05, 4.69) is 11.1 Å². The summed E-state index contributed by atoms with van der Waals surface area (Å²) in [5, 5.41) is 38.5. The summed E-state index contributed by atoms with van der Waals surface area (Å²) in [5.41, 5.74) is 3.27. The molecule has 0 spiro atoms. The third-order valence-electron chi connectivity index (χ3n) is 5.40. The second-order valence-electron chi connectivity index (χ2n) is 7.42. The van der Waals surface area contributed by atoms with Gasteiger partial charge in [0.1, 0.15) is 29.4 Å². The summed E-state index contributed by atoms with van der Waals surface area (Å²) >= 11 is 1.08. The first-order chi connectivity index (χ1) is 14.8. The number of thioether (sulfide) groups is 1. The van der Waals surface area contributed by atoms with Crippen LogP contribution in [0.15, 0.2) is 35.3 Å². The molecule has 1 saturated heterocycles. The maximum absolute atomic E-state index is 11.3. The fraction of sp³-hybridized carbons (Fsp3) is 0.381. The Morgan fingerprint density at radius 3 is 2.77 bits per heavy atom. The van der Waals surface area contributed by atoms with Crippen molar-refractivity contribution in [3.8, 4) is 17.3 Å². The number of nitriles is 1. The van der Waals surface area contributed by atoms with Crippen molar-refractivity contribution >= 4 is 28.6 Å². The number of aliphatic hydroxyl groups excluding tert-OH is 2. The van der Waals surface area contributed by atoms with Crippen molar-refractivity contribution in [1.29, 1.82) is 5.26 Å². The molecule has 3 N–H and O–H groups in total. The molecular formula is C21H21N3O6S. The van der Waals surface area contributed by atoms with Gasteiger partial charge in [0, 0.05) is 24.7 Å². The van der Waals surface area contributed by atoms with E-state index >= 15 is 0 Å². The Labute approximate surface area is 182 Å². The first-order valence-electron chi connectivity index (χ1n) is 9.65. The summed E-state index contributed by atoms with van der Waals surface area (Å²) in [7, 11) is 1.83. The van der Waals surface area contributed by atoms with Crippen LogP contribution >= 0.6 is 11.8 Å². The highest BCUT2D eigenvalue weighted by Gasteiger charge is 2.42. The summed E-state index contributed by atoms with van der Waals surface area (Å²) in [6, 6.07) is 11.6. The van der Waals surface area contributed by atoms with Crippen LogP contribution in [-0.4, -0.2) is 54.8 Å². The Balaban J connectivity index is 1.56. The zero-order chi connectivity index (χ0) is 22.3. The van der Waals surface area contributed by atoms with E-state index in [1.54, 1.807) is 6.07 Å². The van der Waals surface area contributed by atoms with Crippen LogP contribution in [0.5, 0.6) is 0 Å². The number of benzene rings is 1. The maximum Gasteiger partial charge on any atom is 0.335 e. The van der Waals surface area contributed by atoms with Crippen LogP contribution in [0.2, 0.25) is 0 Å². The lowest BCUT2D eigenvalue weighted by molar-refractivity contribution is -0.181. The van der Waals surface area contributed by atoms with Gasteiger partial charge in [0.05, 0.1) is 11.8 Å². The third kappa shape index (κ3) is 4.05. The molecular weight excluding hydrogens is 422 g/mol. The summed E-state index contributed by atoms with van der Waals surface area (Å²) in [4.78, 5) is 15.8. The highest BCUT2D eigenvalue weighted by Crippen LogP contribution is 2.40. The standard InChI is InChI=1S/C21H21N3O6S/c1-10-13-7-11(15-6-4-12(9-22)24(15)2)3-5-14(13)23-21(29-10)31-17-8-16(25)18(26)19(30-17)20(27)28/h3-7,10,16-19,25-26H,8H2,1-2H3,(H,27,28)/t10?,16-,17?,18+,19+/m1/s1. The maximum atomic E-state index is 11.3. The van der Waals surface area contributed by atoms with E-state index < -0.39 is 29.7 Å². The van der Waals surface area contributed by atoms with Crippen LogP contribution in [0.1, 0.15) is 30.7 Å². The molecule has 2 aliphatic heterocycles. The van der Waals surface area contributed by atoms with Gasteiger partial charge >= 0.3 is 5.97 Å². The van der Waals surface area contributed by atoms with Crippen molar-refractivity contribution in [2.45, 2.75) is 43.2 Å². The number of aromatic nitrogens is 1. The van der Waals surface area contributed by atoms with Gasteiger partial charge in [-0.1, -0.05) is 6.07 Å². The number of hydrogen-bond donors (Lipinski definition) is 3. The molecule has 0 saturated carbocycles. The average molecular weight is 443 g/mol. The monoisotopic (exact) mass is 443 g/mol. The molecule has 0 radical (unpaired) electrons. The Bertz CT molecular complexity index is 1090. The van der Waals surface area contributed by atoms with E-state index in [9.17, 15) is 25.4 Å². The van der Waals surface area contributed by atoms with Gasteiger partial charge in [-0.05, 0) is 48.5 Å². The summed E-state index contributed by atoms with van der Waals surface area (Å²) in [6.45, 7) is 1.88. The number of fused-ring (bicyclic) bond motifs is 1. The molecule has 3 heterocycles. The van der Waals surface area contributed by atoms with Gasteiger partial charge < -0.3 is 29.4 Å². The molecule has 1 aromatic heterocycles. The van der Waals surface area contributed by atoms with Crippen molar-refractivity contribution < 1.29 is 29.6 Å². The lowest BCUT2D eigenvalue weighted by Gasteiger charge is -2.35. The third-order valence-corrected chi connectivity index (χ3v) is 6.35. The van der Waals surface area contributed by atoms with Gasteiger partial charge in [0.25, 0.3) is 5.23 Å². The van der Waals surface area contributed by atoms with Crippen molar-refractivity contribution in [2.24, 2.45) is 12.0 Å². The van der Waals surface area contributed by atoms with Crippen LogP contribution in [0.3, 0.4) is 0 Å². The minimum atomic E-state index is -1.51. The van der Waals surface area contributed by atoms with Crippen LogP contribution in [-0.2, 0) is 21.3 Å². The summed E-state index contributed by atoms with van der Waals surface area (Å²) in [6.07, 6.45) is -4.48. The number of ether oxygens (including phenoxy) is 2. The number of carbonyl (C=O) groups is 1. The molecule has 0 bridgehead atoms. The van der Waals surface area contributed by atoms with E-state index in [4.69, 9.17) is 9.47 Å². The SMILES string of the molecule is CC1OC(SC2C[C@@H](O)[C@H](O)[C@@H](C(=O)O)O2)=Nc2ccc(-c3ccc(C#N)n3C)cc21. The van der Waals surface area contributed by atoms with Gasteiger partial charge in [-0.3, -0.25) is 0 Å². The average Bonchev–Trinajstić information content (AvgIpc) is 3.10. The zero-order valence-corrected chi connectivity index (χ0v) is 17.6. The number of carboxylic acids is 1. The fourth-order valence-corrected chi connectivity index (χ4v) is 4.72. The van der Waals surface area contributed by atoms with E-state index in [0.717, 1.165) is 28.6 Å². The smallest absolute Gasteiger partial charge is 0.335 e. The molecule has 31 heavy (non-hydrogen) atoms. The van der Waals surface area contributed by atoms with Gasteiger partial charge in [-0.15, -0.1) is 0 Å². The normalized spacial score (nSPS) is 27.6. The number of aliphatic hydroxyl groups is 2. The van der Waals surface area contributed by atoms with Gasteiger partial charge in [0.2, 0.25) is 0 Å². The fourth-order valence-electron chi connectivity index (χ4n) is 3.68. The lowest BCUT2D eigenvalue weighted by atomic mass is 10.0.